The molecular formula is C17H29NO2. The average molecular weight is 279 g/mol. The van der Waals surface area contributed by atoms with Gasteiger partial charge in [0.15, 0.2) is 0 Å². The lowest BCUT2D eigenvalue weighted by Gasteiger charge is -2.30. The van der Waals surface area contributed by atoms with Crippen molar-refractivity contribution >= 4 is 5.91 Å². The molecule has 0 heterocycles. The number of carbonyl (C=O) groups excluding carboxylic acids is 1. The Balaban J connectivity index is 1.54. The van der Waals surface area contributed by atoms with E-state index in [-0.39, 0.29) is 12.6 Å². The van der Waals surface area contributed by atoms with Gasteiger partial charge in [-0.3, -0.25) is 4.79 Å². The molecule has 3 aliphatic rings. The number of aliphatic hydroxyl groups is 1. The van der Waals surface area contributed by atoms with E-state index in [9.17, 15) is 9.90 Å². The Labute approximate surface area is 122 Å². The van der Waals surface area contributed by atoms with Crippen LogP contribution in [0.25, 0.3) is 0 Å². The molecule has 0 aromatic carbocycles. The molecule has 0 bridgehead atoms. The van der Waals surface area contributed by atoms with Gasteiger partial charge in [-0.05, 0) is 49.9 Å². The Morgan fingerprint density at radius 1 is 1.00 bits per heavy atom. The fourth-order valence-corrected chi connectivity index (χ4v) is 4.76. The van der Waals surface area contributed by atoms with E-state index in [0.29, 0.717) is 29.6 Å². The SMILES string of the molecule is O=C(NC(CCO)C1CCCCC1)C1C2CCCCC21. The second-order valence-corrected chi connectivity index (χ2v) is 7.16. The molecule has 3 fully saturated rings. The summed E-state index contributed by atoms with van der Waals surface area (Å²) in [7, 11) is 0. The fraction of sp³-hybridized carbons (Fsp3) is 0.941. The van der Waals surface area contributed by atoms with E-state index >= 15 is 0 Å². The van der Waals surface area contributed by atoms with Crippen molar-refractivity contribution in [3.63, 3.8) is 0 Å². The van der Waals surface area contributed by atoms with E-state index < -0.39 is 0 Å². The monoisotopic (exact) mass is 279 g/mol. The van der Waals surface area contributed by atoms with Gasteiger partial charge in [0.1, 0.15) is 0 Å². The largest absolute Gasteiger partial charge is 0.396 e. The van der Waals surface area contributed by atoms with Gasteiger partial charge in [-0.15, -0.1) is 0 Å². The van der Waals surface area contributed by atoms with Gasteiger partial charge in [0.2, 0.25) is 5.91 Å². The molecule has 3 heteroatoms. The van der Waals surface area contributed by atoms with Crippen molar-refractivity contribution in [1.29, 1.82) is 0 Å². The summed E-state index contributed by atoms with van der Waals surface area (Å²) >= 11 is 0. The summed E-state index contributed by atoms with van der Waals surface area (Å²) in [4.78, 5) is 12.5. The van der Waals surface area contributed by atoms with Crippen LogP contribution in [0.4, 0.5) is 0 Å². The molecule has 0 aliphatic heterocycles. The lowest BCUT2D eigenvalue weighted by molar-refractivity contribution is -0.124. The Bertz CT molecular complexity index is 326. The molecule has 0 aromatic heterocycles. The Kier molecular flexibility index (Phi) is 4.65. The third kappa shape index (κ3) is 3.03. The van der Waals surface area contributed by atoms with E-state index in [4.69, 9.17) is 0 Å². The number of rotatable bonds is 5. The predicted octanol–water partition coefficient (Wildman–Crippen LogP) is 2.87. The Hall–Kier alpha value is -0.570. The van der Waals surface area contributed by atoms with E-state index in [1.54, 1.807) is 0 Å². The maximum absolute atomic E-state index is 12.5. The fourth-order valence-electron chi connectivity index (χ4n) is 4.76. The predicted molar refractivity (Wildman–Crippen MR) is 79.1 cm³/mol. The van der Waals surface area contributed by atoms with Crippen LogP contribution >= 0.6 is 0 Å². The standard InChI is InChI=1S/C17H29NO2/c19-11-10-15(12-6-2-1-3-7-12)18-17(20)16-13-8-4-5-9-14(13)16/h12-16,19H,1-11H2,(H,18,20). The van der Waals surface area contributed by atoms with Crippen LogP contribution in [0.5, 0.6) is 0 Å². The zero-order valence-electron chi connectivity index (χ0n) is 12.5. The van der Waals surface area contributed by atoms with Gasteiger partial charge in [-0.1, -0.05) is 32.1 Å². The first-order valence-corrected chi connectivity index (χ1v) is 8.72. The summed E-state index contributed by atoms with van der Waals surface area (Å²) in [6.07, 6.45) is 12.2. The minimum absolute atomic E-state index is 0.193. The lowest BCUT2D eigenvalue weighted by Crippen LogP contribution is -2.42. The van der Waals surface area contributed by atoms with Crippen molar-refractivity contribution in [3.8, 4) is 0 Å². The summed E-state index contributed by atoms with van der Waals surface area (Å²) in [6.45, 7) is 0.193. The molecule has 114 valence electrons. The van der Waals surface area contributed by atoms with Gasteiger partial charge in [-0.2, -0.15) is 0 Å². The topological polar surface area (TPSA) is 49.3 Å². The number of hydrogen-bond acceptors (Lipinski definition) is 2. The highest BCUT2D eigenvalue weighted by atomic mass is 16.3. The lowest BCUT2D eigenvalue weighted by atomic mass is 9.82. The van der Waals surface area contributed by atoms with Crippen LogP contribution in [-0.4, -0.2) is 23.7 Å². The molecule has 2 N–H and O–H groups in total. The first-order chi connectivity index (χ1) is 9.81. The van der Waals surface area contributed by atoms with Crippen LogP contribution in [0.15, 0.2) is 0 Å². The van der Waals surface area contributed by atoms with E-state index in [2.05, 4.69) is 5.32 Å². The number of hydrogen-bond donors (Lipinski definition) is 2. The van der Waals surface area contributed by atoms with Gasteiger partial charge in [0.05, 0.1) is 0 Å². The molecule has 3 atom stereocenters. The van der Waals surface area contributed by atoms with Crippen LogP contribution in [0, 0.1) is 23.7 Å². The summed E-state index contributed by atoms with van der Waals surface area (Å²) < 4.78 is 0. The Morgan fingerprint density at radius 3 is 2.20 bits per heavy atom. The summed E-state index contributed by atoms with van der Waals surface area (Å²) in [5, 5.41) is 12.6. The molecule has 1 amide bonds. The first-order valence-electron chi connectivity index (χ1n) is 8.72. The maximum Gasteiger partial charge on any atom is 0.223 e. The normalized spacial score (nSPS) is 35.1. The highest BCUT2D eigenvalue weighted by Gasteiger charge is 2.54. The van der Waals surface area contributed by atoms with Crippen molar-refractivity contribution < 1.29 is 9.90 Å². The van der Waals surface area contributed by atoms with Crippen molar-refractivity contribution in [2.24, 2.45) is 23.7 Å². The number of nitrogens with one attached hydrogen (secondary N) is 1. The second-order valence-electron chi connectivity index (χ2n) is 7.16. The number of amides is 1. The molecule has 0 aromatic rings. The molecule has 3 unspecified atom stereocenters. The summed E-state index contributed by atoms with van der Waals surface area (Å²) in [5.74, 6) is 2.57. The van der Waals surface area contributed by atoms with Gasteiger partial charge >= 0.3 is 0 Å². The van der Waals surface area contributed by atoms with Crippen molar-refractivity contribution in [1.82, 2.24) is 5.32 Å². The molecular weight excluding hydrogens is 250 g/mol. The third-order valence-corrected chi connectivity index (χ3v) is 5.95. The average Bonchev–Trinajstić information content (AvgIpc) is 3.22. The van der Waals surface area contributed by atoms with Gasteiger partial charge in [0.25, 0.3) is 0 Å². The molecule has 20 heavy (non-hydrogen) atoms. The van der Waals surface area contributed by atoms with Gasteiger partial charge in [0, 0.05) is 18.6 Å². The number of fused-ring (bicyclic) bond motifs is 1. The minimum atomic E-state index is 0.193. The highest BCUT2D eigenvalue weighted by molar-refractivity contribution is 5.82. The molecule has 3 aliphatic carbocycles. The van der Waals surface area contributed by atoms with Crippen LogP contribution in [0.3, 0.4) is 0 Å². The van der Waals surface area contributed by atoms with Gasteiger partial charge < -0.3 is 10.4 Å². The summed E-state index contributed by atoms with van der Waals surface area (Å²) in [5.41, 5.74) is 0. The Morgan fingerprint density at radius 2 is 1.60 bits per heavy atom. The minimum Gasteiger partial charge on any atom is -0.396 e. The van der Waals surface area contributed by atoms with E-state index in [1.807, 2.05) is 0 Å². The highest BCUT2D eigenvalue weighted by Crippen LogP contribution is 2.55. The molecule has 3 nitrogen and oxygen atoms in total. The number of aliphatic hydroxyl groups excluding tert-OH is 1. The number of carbonyl (C=O) groups is 1. The van der Waals surface area contributed by atoms with Crippen molar-refractivity contribution in [3.05, 3.63) is 0 Å². The molecule has 0 saturated heterocycles. The van der Waals surface area contributed by atoms with E-state index in [1.165, 1.54) is 57.8 Å². The van der Waals surface area contributed by atoms with Crippen LogP contribution in [0.2, 0.25) is 0 Å². The smallest absolute Gasteiger partial charge is 0.223 e. The first kappa shape index (κ1) is 14.4. The van der Waals surface area contributed by atoms with Crippen LogP contribution in [-0.2, 0) is 4.79 Å². The molecule has 0 spiro atoms. The van der Waals surface area contributed by atoms with Crippen molar-refractivity contribution in [2.45, 2.75) is 70.3 Å². The van der Waals surface area contributed by atoms with E-state index in [0.717, 1.165) is 6.42 Å². The molecule has 3 saturated carbocycles. The second kappa shape index (κ2) is 6.46. The maximum atomic E-state index is 12.5. The van der Waals surface area contributed by atoms with Crippen LogP contribution in [0.1, 0.15) is 64.2 Å². The molecule has 3 rings (SSSR count). The molecule has 0 radical (unpaired) electrons. The van der Waals surface area contributed by atoms with Crippen LogP contribution < -0.4 is 5.32 Å². The zero-order chi connectivity index (χ0) is 13.9. The van der Waals surface area contributed by atoms with Crippen molar-refractivity contribution in [2.75, 3.05) is 6.61 Å². The van der Waals surface area contributed by atoms with Gasteiger partial charge in [-0.25, -0.2) is 0 Å². The quantitative estimate of drug-likeness (QED) is 0.813. The summed E-state index contributed by atoms with van der Waals surface area (Å²) in [6, 6.07) is 0.218. The zero-order valence-corrected chi connectivity index (χ0v) is 12.5. The third-order valence-electron chi connectivity index (χ3n) is 5.95.